The van der Waals surface area contributed by atoms with E-state index < -0.39 is 0 Å². The minimum Gasteiger partial charge on any atom is -0.358 e. The molecule has 1 aliphatic carbocycles. The zero-order valence-electron chi connectivity index (χ0n) is 13.7. The van der Waals surface area contributed by atoms with Crippen LogP contribution in [0.25, 0.3) is 15.9 Å². The van der Waals surface area contributed by atoms with Gasteiger partial charge < -0.3 is 5.32 Å². The van der Waals surface area contributed by atoms with Crippen LogP contribution in [0.5, 0.6) is 0 Å². The number of fused-ring (bicyclic) bond motifs is 3. The fourth-order valence-electron chi connectivity index (χ4n) is 3.13. The lowest BCUT2D eigenvalue weighted by Gasteiger charge is -2.12. The first-order valence-corrected chi connectivity index (χ1v) is 9.95. The van der Waals surface area contributed by atoms with Crippen LogP contribution in [0.4, 0.5) is 0 Å². The number of rotatable bonds is 4. The molecule has 4 rings (SSSR count). The largest absolute Gasteiger partial charge is 0.358 e. The average Bonchev–Trinajstić information content (AvgIpc) is 3.21. The summed E-state index contributed by atoms with van der Waals surface area (Å²) in [5.74, 6) is 0.138. The van der Waals surface area contributed by atoms with Crippen molar-refractivity contribution in [3.63, 3.8) is 0 Å². The number of aryl methyl sites for hydroxylation is 2. The third kappa shape index (κ3) is 2.87. The summed E-state index contributed by atoms with van der Waals surface area (Å²) in [4.78, 5) is 31.8. The molecule has 5 nitrogen and oxygen atoms in total. The van der Waals surface area contributed by atoms with Crippen LogP contribution in [0.15, 0.2) is 40.3 Å². The van der Waals surface area contributed by atoms with Gasteiger partial charge in [0.15, 0.2) is 5.16 Å². The number of benzene rings is 1. The summed E-state index contributed by atoms with van der Waals surface area (Å²) >= 11 is 2.91. The molecule has 25 heavy (non-hydrogen) atoms. The molecular weight excluding hydrogens is 354 g/mol. The van der Waals surface area contributed by atoms with E-state index in [4.69, 9.17) is 4.98 Å². The predicted octanol–water partition coefficient (Wildman–Crippen LogP) is 2.77. The van der Waals surface area contributed by atoms with E-state index >= 15 is 0 Å². The molecule has 0 atom stereocenters. The molecule has 0 fully saturated rings. The van der Waals surface area contributed by atoms with Crippen LogP contribution in [0.3, 0.4) is 0 Å². The number of thiophene rings is 1. The van der Waals surface area contributed by atoms with Crippen LogP contribution in [-0.4, -0.2) is 28.3 Å². The molecule has 2 heterocycles. The van der Waals surface area contributed by atoms with E-state index in [0.717, 1.165) is 35.2 Å². The van der Waals surface area contributed by atoms with Gasteiger partial charge in [-0.3, -0.25) is 14.2 Å². The average molecular weight is 371 g/mol. The van der Waals surface area contributed by atoms with Crippen molar-refractivity contribution in [3.05, 3.63) is 51.1 Å². The molecule has 0 radical (unpaired) electrons. The number of hydrogen-bond donors (Lipinski definition) is 1. The normalized spacial score (nSPS) is 13.2. The number of carbonyl (C=O) groups excluding carboxylic acids is 1. The molecule has 0 bridgehead atoms. The zero-order chi connectivity index (χ0) is 17.4. The van der Waals surface area contributed by atoms with Crippen molar-refractivity contribution in [3.8, 4) is 5.69 Å². The fraction of sp³-hybridized carbons (Fsp3) is 0.278. The van der Waals surface area contributed by atoms with Gasteiger partial charge in [0, 0.05) is 11.9 Å². The summed E-state index contributed by atoms with van der Waals surface area (Å²) in [5, 5.41) is 3.92. The van der Waals surface area contributed by atoms with Crippen molar-refractivity contribution in [2.24, 2.45) is 0 Å². The van der Waals surface area contributed by atoms with Gasteiger partial charge in [-0.15, -0.1) is 11.3 Å². The number of nitrogens with zero attached hydrogens (tertiary/aromatic N) is 2. The molecule has 3 aromatic rings. The molecule has 1 aromatic carbocycles. The summed E-state index contributed by atoms with van der Waals surface area (Å²) < 4.78 is 1.64. The van der Waals surface area contributed by atoms with Crippen LogP contribution < -0.4 is 10.9 Å². The van der Waals surface area contributed by atoms with Gasteiger partial charge in [0.25, 0.3) is 5.56 Å². The Morgan fingerprint density at radius 1 is 1.32 bits per heavy atom. The molecule has 7 heteroatoms. The summed E-state index contributed by atoms with van der Waals surface area (Å²) in [5.41, 5.74) is 1.92. The second kappa shape index (κ2) is 6.65. The fourth-order valence-corrected chi connectivity index (χ4v) is 5.32. The van der Waals surface area contributed by atoms with Gasteiger partial charge in [-0.2, -0.15) is 0 Å². The van der Waals surface area contributed by atoms with E-state index in [0.29, 0.717) is 5.16 Å². The zero-order valence-corrected chi connectivity index (χ0v) is 15.4. The minimum absolute atomic E-state index is 0.0324. The third-order valence-electron chi connectivity index (χ3n) is 4.33. The Bertz CT molecular complexity index is 1010. The number of thioether (sulfide) groups is 1. The molecule has 1 aliphatic rings. The highest BCUT2D eigenvalue weighted by Crippen LogP contribution is 2.36. The van der Waals surface area contributed by atoms with E-state index in [-0.39, 0.29) is 17.2 Å². The second-order valence-corrected chi connectivity index (χ2v) is 7.90. The Morgan fingerprint density at radius 3 is 2.88 bits per heavy atom. The quantitative estimate of drug-likeness (QED) is 0.566. The number of aromatic nitrogens is 2. The Labute approximate surface area is 153 Å². The Kier molecular flexibility index (Phi) is 4.35. The molecule has 0 spiro atoms. The van der Waals surface area contributed by atoms with Crippen molar-refractivity contribution in [1.82, 2.24) is 14.9 Å². The molecular formula is C18H17N3O2S2. The number of carbonyl (C=O) groups is 1. The van der Waals surface area contributed by atoms with E-state index in [9.17, 15) is 9.59 Å². The van der Waals surface area contributed by atoms with Gasteiger partial charge in [0.05, 0.1) is 16.8 Å². The number of para-hydroxylation sites is 1. The summed E-state index contributed by atoms with van der Waals surface area (Å²) in [6.07, 6.45) is 3.09. The monoisotopic (exact) mass is 371 g/mol. The first-order chi connectivity index (χ1) is 12.2. The maximum atomic E-state index is 13.3. The lowest BCUT2D eigenvalue weighted by Crippen LogP contribution is -2.24. The standard InChI is InChI=1S/C18H17N3O2S2/c1-19-14(22)10-24-18-20-16-15(12-8-5-9-13(12)25-16)17(23)21(18)11-6-3-2-4-7-11/h2-4,6-7H,5,8-10H2,1H3,(H,19,22). The maximum Gasteiger partial charge on any atom is 0.267 e. The number of hydrogen-bond acceptors (Lipinski definition) is 5. The highest BCUT2D eigenvalue weighted by molar-refractivity contribution is 7.99. The van der Waals surface area contributed by atoms with Crippen molar-refractivity contribution in [1.29, 1.82) is 0 Å². The first kappa shape index (κ1) is 16.4. The van der Waals surface area contributed by atoms with Gasteiger partial charge >= 0.3 is 0 Å². The van der Waals surface area contributed by atoms with E-state index in [1.165, 1.54) is 22.2 Å². The molecule has 0 unspecified atom stereocenters. The molecule has 0 aliphatic heterocycles. The second-order valence-electron chi connectivity index (χ2n) is 5.87. The summed E-state index contributed by atoms with van der Waals surface area (Å²) in [6, 6.07) is 9.51. The third-order valence-corrected chi connectivity index (χ3v) is 6.46. The van der Waals surface area contributed by atoms with Gasteiger partial charge in [-0.05, 0) is 37.0 Å². The van der Waals surface area contributed by atoms with Crippen LogP contribution in [0.1, 0.15) is 16.9 Å². The lowest BCUT2D eigenvalue weighted by atomic mass is 10.2. The molecule has 1 N–H and O–H groups in total. The maximum absolute atomic E-state index is 13.3. The van der Waals surface area contributed by atoms with Gasteiger partial charge in [-0.1, -0.05) is 30.0 Å². The highest BCUT2D eigenvalue weighted by atomic mass is 32.2. The van der Waals surface area contributed by atoms with E-state index in [2.05, 4.69) is 5.32 Å². The van der Waals surface area contributed by atoms with Crippen molar-refractivity contribution in [2.75, 3.05) is 12.8 Å². The van der Waals surface area contributed by atoms with Crippen molar-refractivity contribution < 1.29 is 4.79 Å². The topological polar surface area (TPSA) is 64.0 Å². The van der Waals surface area contributed by atoms with Crippen LogP contribution in [-0.2, 0) is 17.6 Å². The summed E-state index contributed by atoms with van der Waals surface area (Å²) in [6.45, 7) is 0. The molecule has 1 amide bonds. The van der Waals surface area contributed by atoms with Gasteiger partial charge in [-0.25, -0.2) is 4.98 Å². The van der Waals surface area contributed by atoms with Gasteiger partial charge in [0.2, 0.25) is 5.91 Å². The minimum atomic E-state index is -0.0902. The smallest absolute Gasteiger partial charge is 0.267 e. The van der Waals surface area contributed by atoms with Crippen LogP contribution >= 0.6 is 23.1 Å². The molecule has 128 valence electrons. The molecule has 0 saturated carbocycles. The van der Waals surface area contributed by atoms with Crippen molar-refractivity contribution >= 4 is 39.2 Å². The van der Waals surface area contributed by atoms with E-state index in [1.807, 2.05) is 30.3 Å². The van der Waals surface area contributed by atoms with Crippen molar-refractivity contribution in [2.45, 2.75) is 24.4 Å². The van der Waals surface area contributed by atoms with E-state index in [1.54, 1.807) is 23.0 Å². The number of nitrogens with one attached hydrogen (secondary N) is 1. The summed E-state index contributed by atoms with van der Waals surface area (Å²) in [7, 11) is 1.60. The lowest BCUT2D eigenvalue weighted by molar-refractivity contribution is -0.118. The molecule has 0 saturated heterocycles. The molecule has 2 aromatic heterocycles. The SMILES string of the molecule is CNC(=O)CSc1nc2sc3c(c2c(=O)n1-c1ccccc1)CCC3. The van der Waals surface area contributed by atoms with Crippen LogP contribution in [0, 0.1) is 0 Å². The van der Waals surface area contributed by atoms with Gasteiger partial charge in [0.1, 0.15) is 4.83 Å². The predicted molar refractivity (Wildman–Crippen MR) is 102 cm³/mol. The Hall–Kier alpha value is -2.12. The van der Waals surface area contributed by atoms with Crippen LogP contribution in [0.2, 0.25) is 0 Å². The first-order valence-electron chi connectivity index (χ1n) is 8.15. The Balaban J connectivity index is 1.93. The Morgan fingerprint density at radius 2 is 2.12 bits per heavy atom. The highest BCUT2D eigenvalue weighted by Gasteiger charge is 2.24. The number of amides is 1.